The lowest BCUT2D eigenvalue weighted by Gasteiger charge is -2.23. The minimum absolute atomic E-state index is 0.0103. The zero-order valence-electron chi connectivity index (χ0n) is 19.6. The molecule has 5 aromatic rings. The van der Waals surface area contributed by atoms with E-state index >= 15 is 0 Å². The summed E-state index contributed by atoms with van der Waals surface area (Å²) in [6.07, 6.45) is 0. The lowest BCUT2D eigenvalue weighted by atomic mass is 9.95. The molecule has 0 saturated heterocycles. The third-order valence-corrected chi connectivity index (χ3v) is 8.22. The molecular weight excluding hydrogens is 522 g/mol. The molecule has 1 atom stereocenters. The van der Waals surface area contributed by atoms with E-state index in [2.05, 4.69) is 10.2 Å². The number of para-hydroxylation sites is 1. The van der Waals surface area contributed by atoms with Crippen molar-refractivity contribution >= 4 is 50.9 Å². The summed E-state index contributed by atoms with van der Waals surface area (Å²) >= 11 is 2.65. The molecule has 0 spiro atoms. The highest BCUT2D eigenvalue weighted by atomic mass is 32.2. The van der Waals surface area contributed by atoms with Crippen LogP contribution in [0.2, 0.25) is 0 Å². The van der Waals surface area contributed by atoms with Gasteiger partial charge in [-0.25, -0.2) is 0 Å². The van der Waals surface area contributed by atoms with Crippen LogP contribution in [0, 0.1) is 0 Å². The number of carbonyl (C=O) groups is 2. The number of phenols is 1. The predicted molar refractivity (Wildman–Crippen MR) is 144 cm³/mol. The van der Waals surface area contributed by atoms with E-state index in [1.54, 1.807) is 36.4 Å². The molecule has 2 N–H and O–H groups in total. The van der Waals surface area contributed by atoms with Gasteiger partial charge in [0.1, 0.15) is 11.3 Å². The number of nitrogens with zero attached hydrogens (tertiary/aromatic N) is 3. The van der Waals surface area contributed by atoms with Crippen molar-refractivity contribution < 1.29 is 24.2 Å². The number of carbonyl (C=O) groups excluding carboxylic acids is 2. The fourth-order valence-corrected chi connectivity index (χ4v) is 6.17. The van der Waals surface area contributed by atoms with E-state index < -0.39 is 23.5 Å². The monoisotopic (exact) mass is 541 g/mol. The van der Waals surface area contributed by atoms with Crippen LogP contribution in [0.1, 0.15) is 27.7 Å². The number of aliphatic hydroxyl groups is 1. The van der Waals surface area contributed by atoms with E-state index in [9.17, 15) is 19.8 Å². The Morgan fingerprint density at radius 3 is 2.55 bits per heavy atom. The Hall–Kier alpha value is -4.41. The average Bonchev–Trinajstić information content (AvgIpc) is 3.64. The number of anilines is 1. The molecule has 0 fully saturated rings. The molecule has 3 aromatic carbocycles. The Morgan fingerprint density at radius 1 is 0.974 bits per heavy atom. The number of aliphatic hydroxyl groups excluding tert-OH is 1. The summed E-state index contributed by atoms with van der Waals surface area (Å²) in [7, 11) is 0. The molecule has 2 aromatic heterocycles. The predicted octanol–water partition coefficient (Wildman–Crippen LogP) is 6.07. The number of hydrogen-bond acceptors (Lipinski definition) is 9. The largest absolute Gasteiger partial charge is 0.508 e. The number of furan rings is 1. The lowest BCUT2D eigenvalue weighted by Crippen LogP contribution is -2.31. The van der Waals surface area contributed by atoms with Gasteiger partial charge in [0.15, 0.2) is 15.9 Å². The minimum atomic E-state index is -1.05. The highest BCUT2D eigenvalue weighted by molar-refractivity contribution is 8.00. The molecule has 1 aliphatic rings. The number of aromatic nitrogens is 2. The summed E-state index contributed by atoms with van der Waals surface area (Å²) < 4.78 is 6.38. The molecule has 0 radical (unpaired) electrons. The molecule has 188 valence electrons. The molecule has 0 bridgehead atoms. The summed E-state index contributed by atoms with van der Waals surface area (Å²) in [5.41, 5.74) is 1.89. The smallest absolute Gasteiger partial charge is 0.296 e. The van der Waals surface area contributed by atoms with E-state index in [0.29, 0.717) is 21.2 Å². The number of amides is 1. The van der Waals surface area contributed by atoms with Crippen molar-refractivity contribution in [1.29, 1.82) is 0 Å². The van der Waals surface area contributed by atoms with Gasteiger partial charge in [-0.2, -0.15) is 0 Å². The number of benzene rings is 3. The summed E-state index contributed by atoms with van der Waals surface area (Å²) in [5, 5.41) is 30.5. The Labute approximate surface area is 224 Å². The third-order valence-electron chi connectivity index (χ3n) is 6.10. The first-order valence-corrected chi connectivity index (χ1v) is 13.4. The van der Waals surface area contributed by atoms with Gasteiger partial charge in [-0.15, -0.1) is 10.2 Å². The van der Waals surface area contributed by atoms with Gasteiger partial charge >= 0.3 is 0 Å². The zero-order chi connectivity index (χ0) is 26.2. The van der Waals surface area contributed by atoms with E-state index in [1.807, 2.05) is 36.4 Å². The maximum Gasteiger partial charge on any atom is 0.296 e. The minimum Gasteiger partial charge on any atom is -0.508 e. The molecule has 1 aliphatic heterocycles. The number of hydrogen-bond donors (Lipinski definition) is 2. The molecule has 3 heterocycles. The van der Waals surface area contributed by atoms with Crippen molar-refractivity contribution in [3.63, 3.8) is 0 Å². The molecule has 6 rings (SSSR count). The normalized spacial score (nSPS) is 15.5. The van der Waals surface area contributed by atoms with Crippen molar-refractivity contribution in [2.45, 2.75) is 16.1 Å². The van der Waals surface area contributed by atoms with E-state index in [-0.39, 0.29) is 22.2 Å². The second-order valence-electron chi connectivity index (χ2n) is 8.54. The summed E-state index contributed by atoms with van der Waals surface area (Å²) in [6.45, 7) is 0. The molecule has 38 heavy (non-hydrogen) atoms. The number of ketones is 1. The first kappa shape index (κ1) is 24.0. The second-order valence-corrected chi connectivity index (χ2v) is 10.7. The van der Waals surface area contributed by atoms with Crippen LogP contribution in [0.25, 0.3) is 11.0 Å². The van der Waals surface area contributed by atoms with Crippen LogP contribution < -0.4 is 4.90 Å². The van der Waals surface area contributed by atoms with Gasteiger partial charge in [0.2, 0.25) is 10.9 Å². The van der Waals surface area contributed by atoms with Gasteiger partial charge in [-0.3, -0.25) is 14.5 Å². The van der Waals surface area contributed by atoms with Gasteiger partial charge in [0, 0.05) is 11.1 Å². The van der Waals surface area contributed by atoms with E-state index in [4.69, 9.17) is 4.42 Å². The SMILES string of the molecule is O=C(C1=C(O)C(=O)N(c2nnc(SCc3ccccc3)s2)C1c1cccc(O)c1)c1cc2ccccc2o1. The molecule has 0 saturated carbocycles. The van der Waals surface area contributed by atoms with E-state index in [1.165, 1.54) is 40.1 Å². The first-order chi connectivity index (χ1) is 18.5. The number of phenolic OH excluding ortho intramolecular Hbond substituents is 1. The Kier molecular flexibility index (Phi) is 6.18. The van der Waals surface area contributed by atoms with Gasteiger partial charge < -0.3 is 14.6 Å². The standard InChI is InChI=1S/C28H19N3O5S2/c32-19-11-6-10-18(13-19)23-22(24(33)21-14-17-9-4-5-12-20(17)36-21)25(34)26(35)31(23)27-29-30-28(38-27)37-15-16-7-2-1-3-8-16/h1-14,23,32,34H,15H2. The van der Waals surface area contributed by atoms with Crippen molar-refractivity contribution in [2.24, 2.45) is 0 Å². The van der Waals surface area contributed by atoms with E-state index in [0.717, 1.165) is 10.9 Å². The van der Waals surface area contributed by atoms with Crippen LogP contribution in [0.5, 0.6) is 5.75 Å². The van der Waals surface area contributed by atoms with Crippen LogP contribution in [0.3, 0.4) is 0 Å². The van der Waals surface area contributed by atoms with Crippen molar-refractivity contribution in [2.75, 3.05) is 4.90 Å². The number of thioether (sulfide) groups is 1. The van der Waals surface area contributed by atoms with Crippen LogP contribution in [-0.4, -0.2) is 32.1 Å². The third kappa shape index (κ3) is 4.33. The maximum atomic E-state index is 13.7. The molecule has 10 heteroatoms. The Balaban J connectivity index is 1.38. The maximum absolute atomic E-state index is 13.7. The molecule has 1 unspecified atom stereocenters. The van der Waals surface area contributed by atoms with Crippen molar-refractivity contribution in [3.05, 3.63) is 113 Å². The highest BCUT2D eigenvalue weighted by Gasteiger charge is 2.47. The first-order valence-electron chi connectivity index (χ1n) is 11.6. The topological polar surface area (TPSA) is 117 Å². The fourth-order valence-electron chi connectivity index (χ4n) is 4.35. The average molecular weight is 542 g/mol. The van der Waals surface area contributed by atoms with Crippen LogP contribution >= 0.6 is 23.1 Å². The molecule has 1 amide bonds. The fraction of sp³-hybridized carbons (Fsp3) is 0.0714. The van der Waals surface area contributed by atoms with Crippen molar-refractivity contribution in [3.8, 4) is 5.75 Å². The van der Waals surface area contributed by atoms with Crippen LogP contribution in [0.4, 0.5) is 5.13 Å². The zero-order valence-corrected chi connectivity index (χ0v) is 21.3. The van der Waals surface area contributed by atoms with Gasteiger partial charge in [-0.05, 0) is 35.4 Å². The lowest BCUT2D eigenvalue weighted by molar-refractivity contribution is -0.117. The number of fused-ring (bicyclic) bond motifs is 1. The quantitative estimate of drug-likeness (QED) is 0.145. The summed E-state index contributed by atoms with van der Waals surface area (Å²) in [4.78, 5) is 28.3. The Morgan fingerprint density at radius 2 is 1.76 bits per heavy atom. The number of aromatic hydroxyl groups is 1. The van der Waals surface area contributed by atoms with Crippen LogP contribution in [0.15, 0.2) is 105 Å². The molecule has 8 nitrogen and oxygen atoms in total. The highest BCUT2D eigenvalue weighted by Crippen LogP contribution is 2.44. The summed E-state index contributed by atoms with van der Waals surface area (Å²) in [5.74, 6) is -1.51. The number of Topliss-reactive ketones (excluding diaryl/α,β-unsaturated/α-hetero) is 1. The summed E-state index contributed by atoms with van der Waals surface area (Å²) in [6, 6.07) is 23.8. The second kappa shape index (κ2) is 9.81. The van der Waals surface area contributed by atoms with Crippen molar-refractivity contribution in [1.82, 2.24) is 10.2 Å². The molecule has 0 aliphatic carbocycles. The Bertz CT molecular complexity index is 1680. The van der Waals surface area contributed by atoms with Gasteiger partial charge in [0.05, 0.1) is 11.6 Å². The number of rotatable bonds is 7. The van der Waals surface area contributed by atoms with Crippen LogP contribution in [-0.2, 0) is 10.5 Å². The molecular formula is C28H19N3O5S2. The van der Waals surface area contributed by atoms with Gasteiger partial charge in [0.25, 0.3) is 5.91 Å². The van der Waals surface area contributed by atoms with Gasteiger partial charge in [-0.1, -0.05) is 83.8 Å².